The van der Waals surface area contributed by atoms with Crippen LogP contribution in [0.25, 0.3) is 10.8 Å². The molecule has 0 aliphatic carbocycles. The molecule has 210 valence electrons. The van der Waals surface area contributed by atoms with Gasteiger partial charge in [0.05, 0.1) is 4.90 Å². The van der Waals surface area contributed by atoms with E-state index in [1.54, 1.807) is 42.5 Å². The first kappa shape index (κ1) is 28.7. The highest BCUT2D eigenvalue weighted by molar-refractivity contribution is 7.89. The smallest absolute Gasteiger partial charge is 0.243 e. The molecule has 0 radical (unpaired) electrons. The molecule has 1 aliphatic heterocycles. The Labute approximate surface area is 232 Å². The highest BCUT2D eigenvalue weighted by Crippen LogP contribution is 2.23. The first-order valence-corrected chi connectivity index (χ1v) is 14.3. The fourth-order valence-corrected chi connectivity index (χ4v) is 5.98. The zero-order valence-corrected chi connectivity index (χ0v) is 22.6. The molecule has 3 aromatic carbocycles. The van der Waals surface area contributed by atoms with Crippen LogP contribution in [0.15, 0.2) is 71.6 Å². The number of nitrogens with one attached hydrogen (secondary N) is 3. The number of amidine groups is 1. The van der Waals surface area contributed by atoms with Gasteiger partial charge in [-0.15, -0.1) is 0 Å². The van der Waals surface area contributed by atoms with Crippen LogP contribution < -0.4 is 21.5 Å². The van der Waals surface area contributed by atoms with Gasteiger partial charge in [-0.2, -0.15) is 4.72 Å². The number of amides is 3. The van der Waals surface area contributed by atoms with Gasteiger partial charge >= 0.3 is 0 Å². The molecule has 3 amide bonds. The minimum absolute atomic E-state index is 0.0189. The Balaban J connectivity index is 1.48. The van der Waals surface area contributed by atoms with Crippen molar-refractivity contribution in [3.63, 3.8) is 0 Å². The third-order valence-corrected chi connectivity index (χ3v) is 8.35. The summed E-state index contributed by atoms with van der Waals surface area (Å²) in [6, 6.07) is 16.7. The second-order valence-electron chi connectivity index (χ2n) is 9.71. The second kappa shape index (κ2) is 12.3. The quantitative estimate of drug-likeness (QED) is 0.173. The lowest BCUT2D eigenvalue weighted by Crippen LogP contribution is -2.53. The standard InChI is InChI=1S/C28H32N6O5S/c29-25(35)14-13-23(33-40(38,39)22-12-11-19-4-1-2-5-21(19)16-22)28(37)34-15-3-6-24(34)27(36)32-17-18-7-9-20(10-8-18)26(30)31/h1-2,4-5,7-12,16,23-24,33H,3,6,13-15,17H2,(H2,29,35)(H3,30,31)(H,32,36)/t23-,24-/m0/s1. The number of carbonyl (C=O) groups excluding carboxylic acids is 3. The molecule has 2 atom stereocenters. The predicted molar refractivity (Wildman–Crippen MR) is 151 cm³/mol. The lowest BCUT2D eigenvalue weighted by molar-refractivity contribution is -0.140. The second-order valence-corrected chi connectivity index (χ2v) is 11.4. The van der Waals surface area contributed by atoms with E-state index in [0.29, 0.717) is 18.4 Å². The molecule has 12 heteroatoms. The zero-order valence-electron chi connectivity index (χ0n) is 21.8. The summed E-state index contributed by atoms with van der Waals surface area (Å²) < 4.78 is 29.0. The van der Waals surface area contributed by atoms with Crippen molar-refractivity contribution in [2.45, 2.75) is 49.2 Å². The van der Waals surface area contributed by atoms with Gasteiger partial charge < -0.3 is 21.7 Å². The topological polar surface area (TPSA) is 189 Å². The number of hydrogen-bond donors (Lipinski definition) is 5. The summed E-state index contributed by atoms with van der Waals surface area (Å²) in [6.45, 7) is 0.476. The molecule has 0 spiro atoms. The highest BCUT2D eigenvalue weighted by Gasteiger charge is 2.38. The summed E-state index contributed by atoms with van der Waals surface area (Å²) in [4.78, 5) is 39.5. The van der Waals surface area contributed by atoms with E-state index in [1.165, 1.54) is 17.0 Å². The lowest BCUT2D eigenvalue weighted by Gasteiger charge is -2.28. The van der Waals surface area contributed by atoms with E-state index in [0.717, 1.165) is 16.3 Å². The summed E-state index contributed by atoms with van der Waals surface area (Å²) >= 11 is 0. The minimum Gasteiger partial charge on any atom is -0.384 e. The molecule has 1 heterocycles. The van der Waals surface area contributed by atoms with Crippen molar-refractivity contribution in [2.24, 2.45) is 11.5 Å². The molecule has 0 aromatic heterocycles. The molecule has 11 nitrogen and oxygen atoms in total. The summed E-state index contributed by atoms with van der Waals surface area (Å²) in [6.07, 6.45) is 0.629. The van der Waals surface area contributed by atoms with E-state index in [4.69, 9.17) is 16.9 Å². The van der Waals surface area contributed by atoms with E-state index in [2.05, 4.69) is 10.0 Å². The fourth-order valence-electron chi connectivity index (χ4n) is 4.72. The number of hydrogen-bond acceptors (Lipinski definition) is 6. The summed E-state index contributed by atoms with van der Waals surface area (Å²) in [7, 11) is -4.14. The Kier molecular flexibility index (Phi) is 8.80. The summed E-state index contributed by atoms with van der Waals surface area (Å²) in [5.74, 6) is -1.69. The monoisotopic (exact) mass is 564 g/mol. The van der Waals surface area contributed by atoms with E-state index >= 15 is 0 Å². The van der Waals surface area contributed by atoms with Crippen molar-refractivity contribution >= 4 is 44.4 Å². The SMILES string of the molecule is N=C(N)c1ccc(CNC(=O)[C@@H]2CCCN2C(=O)[C@H](CCC(N)=O)NS(=O)(=O)c2ccc3ccccc3c2)cc1. The van der Waals surface area contributed by atoms with Crippen LogP contribution in [0.2, 0.25) is 0 Å². The van der Waals surface area contributed by atoms with Crippen LogP contribution in [-0.2, 0) is 31.0 Å². The van der Waals surface area contributed by atoms with Crippen LogP contribution in [0.1, 0.15) is 36.8 Å². The van der Waals surface area contributed by atoms with Gasteiger partial charge in [0.1, 0.15) is 17.9 Å². The number of primary amides is 1. The number of rotatable bonds is 11. The van der Waals surface area contributed by atoms with Crippen LogP contribution in [0.3, 0.4) is 0 Å². The molecule has 0 saturated carbocycles. The Morgan fingerprint density at radius 3 is 2.38 bits per heavy atom. The maximum atomic E-state index is 13.6. The number of nitrogens with zero attached hydrogens (tertiary/aromatic N) is 1. The van der Waals surface area contributed by atoms with Gasteiger partial charge in [0.15, 0.2) is 0 Å². The first-order chi connectivity index (χ1) is 19.0. The number of likely N-dealkylation sites (tertiary alicyclic amines) is 1. The van der Waals surface area contributed by atoms with Crippen LogP contribution in [0.4, 0.5) is 0 Å². The third kappa shape index (κ3) is 6.82. The molecular formula is C28H32N6O5S. The molecule has 3 aromatic rings. The highest BCUT2D eigenvalue weighted by atomic mass is 32.2. The molecule has 0 unspecified atom stereocenters. The van der Waals surface area contributed by atoms with Crippen molar-refractivity contribution < 1.29 is 22.8 Å². The Hall–Kier alpha value is -4.29. The lowest BCUT2D eigenvalue weighted by atomic mass is 10.1. The molecule has 4 rings (SSSR count). The maximum absolute atomic E-state index is 13.6. The number of fused-ring (bicyclic) bond motifs is 1. The van der Waals surface area contributed by atoms with Crippen LogP contribution in [0.5, 0.6) is 0 Å². The zero-order chi connectivity index (χ0) is 28.9. The number of nitrogen functional groups attached to an aromatic ring is 1. The van der Waals surface area contributed by atoms with Gasteiger partial charge in [-0.05, 0) is 47.7 Å². The maximum Gasteiger partial charge on any atom is 0.243 e. The van der Waals surface area contributed by atoms with Crippen LogP contribution in [0, 0.1) is 5.41 Å². The normalized spacial score (nSPS) is 16.0. The molecule has 7 N–H and O–H groups in total. The Bertz CT molecular complexity index is 1540. The number of nitrogens with two attached hydrogens (primary N) is 2. The van der Waals surface area contributed by atoms with Gasteiger partial charge in [-0.1, -0.05) is 54.6 Å². The largest absolute Gasteiger partial charge is 0.384 e. The van der Waals surface area contributed by atoms with Crippen molar-refractivity contribution in [2.75, 3.05) is 6.54 Å². The summed E-state index contributed by atoms with van der Waals surface area (Å²) in [5.41, 5.74) is 12.1. The summed E-state index contributed by atoms with van der Waals surface area (Å²) in [5, 5.41) is 11.9. The van der Waals surface area contributed by atoms with E-state index in [-0.39, 0.29) is 42.6 Å². The van der Waals surface area contributed by atoms with Gasteiger partial charge in [-0.25, -0.2) is 8.42 Å². The van der Waals surface area contributed by atoms with E-state index in [9.17, 15) is 22.8 Å². The van der Waals surface area contributed by atoms with Crippen LogP contribution in [-0.4, -0.2) is 55.5 Å². The van der Waals surface area contributed by atoms with Gasteiger partial charge in [0, 0.05) is 25.1 Å². The van der Waals surface area contributed by atoms with Crippen molar-refractivity contribution in [3.8, 4) is 0 Å². The average Bonchev–Trinajstić information content (AvgIpc) is 3.43. The van der Waals surface area contributed by atoms with E-state index < -0.39 is 33.9 Å². The Morgan fingerprint density at radius 2 is 1.70 bits per heavy atom. The molecule has 40 heavy (non-hydrogen) atoms. The molecule has 1 fully saturated rings. The predicted octanol–water partition coefficient (Wildman–Crippen LogP) is 1.34. The fraction of sp³-hybridized carbons (Fsp3) is 0.286. The van der Waals surface area contributed by atoms with Gasteiger partial charge in [-0.3, -0.25) is 19.8 Å². The first-order valence-electron chi connectivity index (χ1n) is 12.9. The number of sulfonamides is 1. The minimum atomic E-state index is -4.14. The van der Waals surface area contributed by atoms with Gasteiger partial charge in [0.2, 0.25) is 27.7 Å². The number of benzene rings is 3. The van der Waals surface area contributed by atoms with Crippen LogP contribution >= 0.6 is 0 Å². The Morgan fingerprint density at radius 1 is 1.00 bits per heavy atom. The van der Waals surface area contributed by atoms with E-state index in [1.807, 2.05) is 12.1 Å². The number of carbonyl (C=O) groups is 3. The molecule has 0 bridgehead atoms. The van der Waals surface area contributed by atoms with Crippen molar-refractivity contribution in [1.82, 2.24) is 14.9 Å². The van der Waals surface area contributed by atoms with Crippen molar-refractivity contribution in [1.29, 1.82) is 5.41 Å². The molecule has 1 aliphatic rings. The van der Waals surface area contributed by atoms with Gasteiger partial charge in [0.25, 0.3) is 0 Å². The van der Waals surface area contributed by atoms with Crippen molar-refractivity contribution in [3.05, 3.63) is 77.9 Å². The third-order valence-electron chi connectivity index (χ3n) is 6.88. The average molecular weight is 565 g/mol. The molecular weight excluding hydrogens is 532 g/mol. The molecule has 1 saturated heterocycles.